The van der Waals surface area contributed by atoms with Gasteiger partial charge in [0.05, 0.1) is 12.3 Å². The van der Waals surface area contributed by atoms with Crippen molar-refractivity contribution in [3.05, 3.63) is 52.2 Å². The lowest BCUT2D eigenvalue weighted by Crippen LogP contribution is -2.20. The van der Waals surface area contributed by atoms with Crippen molar-refractivity contribution in [2.45, 2.75) is 37.9 Å². The number of nitrogens with zero attached hydrogens (tertiary/aromatic N) is 4. The number of thiophene rings is 1. The van der Waals surface area contributed by atoms with Gasteiger partial charge in [-0.2, -0.15) is 0 Å². The second kappa shape index (κ2) is 8.01. The third-order valence-corrected chi connectivity index (χ3v) is 5.54. The Kier molecular flexibility index (Phi) is 5.73. The van der Waals surface area contributed by atoms with Gasteiger partial charge >= 0.3 is 0 Å². The van der Waals surface area contributed by atoms with Crippen LogP contribution in [0.4, 0.5) is 5.69 Å². The lowest BCUT2D eigenvalue weighted by Gasteiger charge is -2.22. The number of hydrogen-bond donors (Lipinski definition) is 1. The molecule has 1 amide bonds. The Morgan fingerprint density at radius 3 is 2.77 bits per heavy atom. The van der Waals surface area contributed by atoms with Crippen LogP contribution in [-0.4, -0.2) is 31.9 Å². The zero-order valence-electron chi connectivity index (χ0n) is 15.0. The predicted molar refractivity (Wildman–Crippen MR) is 106 cm³/mol. The van der Waals surface area contributed by atoms with Crippen LogP contribution in [-0.2, 0) is 16.8 Å². The van der Waals surface area contributed by atoms with Crippen molar-refractivity contribution < 1.29 is 4.79 Å². The fourth-order valence-corrected chi connectivity index (χ4v) is 3.87. The van der Waals surface area contributed by atoms with E-state index in [1.807, 2.05) is 41.8 Å². The first-order valence-corrected chi connectivity index (χ1v) is 10.1. The van der Waals surface area contributed by atoms with Crippen LogP contribution in [0, 0.1) is 0 Å². The van der Waals surface area contributed by atoms with E-state index in [1.54, 1.807) is 16.0 Å². The molecule has 0 unspecified atom stereocenters. The number of benzene rings is 1. The Bertz CT molecular complexity index is 868. The SMILES string of the molecule is CC(C)(C)c1ccccc1NC(=O)CSc1nnnn1Cc1cccs1. The smallest absolute Gasteiger partial charge is 0.234 e. The van der Waals surface area contributed by atoms with Gasteiger partial charge in [0, 0.05) is 10.6 Å². The number of hydrogen-bond acceptors (Lipinski definition) is 6. The van der Waals surface area contributed by atoms with E-state index in [0.29, 0.717) is 11.7 Å². The zero-order valence-corrected chi connectivity index (χ0v) is 16.6. The molecule has 0 bridgehead atoms. The van der Waals surface area contributed by atoms with Gasteiger partial charge in [0.25, 0.3) is 0 Å². The number of carbonyl (C=O) groups excluding carboxylic acids is 1. The van der Waals surface area contributed by atoms with Gasteiger partial charge in [-0.25, -0.2) is 4.68 Å². The van der Waals surface area contributed by atoms with Gasteiger partial charge in [0.15, 0.2) is 0 Å². The summed E-state index contributed by atoms with van der Waals surface area (Å²) in [5.74, 6) is 0.181. The number of rotatable bonds is 6. The first-order chi connectivity index (χ1) is 12.4. The summed E-state index contributed by atoms with van der Waals surface area (Å²) in [5.41, 5.74) is 1.92. The molecule has 0 aliphatic rings. The molecular weight excluding hydrogens is 366 g/mol. The van der Waals surface area contributed by atoms with E-state index < -0.39 is 0 Å². The standard InChI is InChI=1S/C18H21N5OS2/c1-18(2,3)14-8-4-5-9-15(14)19-16(24)12-26-17-20-21-22-23(17)11-13-7-6-10-25-13/h4-10H,11-12H2,1-3H3,(H,19,24). The number of aromatic nitrogens is 4. The summed E-state index contributed by atoms with van der Waals surface area (Å²) in [7, 11) is 0. The van der Waals surface area contributed by atoms with E-state index in [-0.39, 0.29) is 17.1 Å². The van der Waals surface area contributed by atoms with E-state index in [9.17, 15) is 4.79 Å². The molecule has 0 atom stereocenters. The normalized spacial score (nSPS) is 11.5. The Labute approximate surface area is 161 Å². The van der Waals surface area contributed by atoms with Gasteiger partial charge in [0.2, 0.25) is 11.1 Å². The van der Waals surface area contributed by atoms with E-state index >= 15 is 0 Å². The monoisotopic (exact) mass is 387 g/mol. The Morgan fingerprint density at radius 1 is 1.23 bits per heavy atom. The number of thioether (sulfide) groups is 1. The van der Waals surface area contributed by atoms with Crippen LogP contribution in [0.25, 0.3) is 0 Å². The number of amides is 1. The van der Waals surface area contributed by atoms with Crippen LogP contribution in [0.2, 0.25) is 0 Å². The molecule has 0 fully saturated rings. The van der Waals surface area contributed by atoms with Gasteiger partial charge in [0.1, 0.15) is 0 Å². The number of tetrazole rings is 1. The second-order valence-electron chi connectivity index (χ2n) is 6.83. The molecule has 6 nitrogen and oxygen atoms in total. The molecule has 1 N–H and O–H groups in total. The third-order valence-electron chi connectivity index (χ3n) is 3.73. The zero-order chi connectivity index (χ0) is 18.6. The van der Waals surface area contributed by atoms with Gasteiger partial charge in [-0.15, -0.1) is 16.4 Å². The van der Waals surface area contributed by atoms with Crippen molar-refractivity contribution in [3.63, 3.8) is 0 Å². The Balaban J connectivity index is 1.62. The van der Waals surface area contributed by atoms with Crippen molar-refractivity contribution in [2.75, 3.05) is 11.1 Å². The Hall–Kier alpha value is -2.19. The molecule has 0 spiro atoms. The van der Waals surface area contributed by atoms with E-state index in [2.05, 4.69) is 41.6 Å². The number of nitrogens with one attached hydrogen (secondary N) is 1. The first kappa shape index (κ1) is 18.6. The molecule has 26 heavy (non-hydrogen) atoms. The van der Waals surface area contributed by atoms with E-state index in [0.717, 1.165) is 11.3 Å². The maximum Gasteiger partial charge on any atom is 0.234 e. The molecule has 0 saturated carbocycles. The maximum atomic E-state index is 12.4. The molecule has 1 aromatic carbocycles. The molecule has 8 heteroatoms. The van der Waals surface area contributed by atoms with Crippen molar-refractivity contribution in [1.82, 2.24) is 20.2 Å². The van der Waals surface area contributed by atoms with Crippen molar-refractivity contribution in [1.29, 1.82) is 0 Å². The summed E-state index contributed by atoms with van der Waals surface area (Å²) in [5, 5.41) is 17.4. The Morgan fingerprint density at radius 2 is 2.04 bits per heavy atom. The summed E-state index contributed by atoms with van der Waals surface area (Å²) in [6, 6.07) is 11.9. The van der Waals surface area contributed by atoms with Gasteiger partial charge < -0.3 is 5.32 Å². The second-order valence-corrected chi connectivity index (χ2v) is 8.81. The molecule has 0 saturated heterocycles. The molecule has 136 valence electrons. The minimum absolute atomic E-state index is 0.0399. The number of para-hydroxylation sites is 1. The van der Waals surface area contributed by atoms with Crippen LogP contribution < -0.4 is 5.32 Å². The van der Waals surface area contributed by atoms with Crippen molar-refractivity contribution in [3.8, 4) is 0 Å². The van der Waals surface area contributed by atoms with E-state index in [4.69, 9.17) is 0 Å². The van der Waals surface area contributed by atoms with Crippen LogP contribution >= 0.6 is 23.1 Å². The summed E-state index contributed by atoms with van der Waals surface area (Å²) >= 11 is 2.99. The van der Waals surface area contributed by atoms with E-state index in [1.165, 1.54) is 16.6 Å². The predicted octanol–water partition coefficient (Wildman–Crippen LogP) is 3.81. The van der Waals surface area contributed by atoms with Gasteiger partial charge in [-0.05, 0) is 38.9 Å². The third kappa shape index (κ3) is 4.70. The molecule has 3 aromatic rings. The minimum Gasteiger partial charge on any atom is -0.325 e. The average molecular weight is 388 g/mol. The maximum absolute atomic E-state index is 12.4. The highest BCUT2D eigenvalue weighted by atomic mass is 32.2. The average Bonchev–Trinajstić information content (AvgIpc) is 3.25. The van der Waals surface area contributed by atoms with Crippen LogP contribution in [0.3, 0.4) is 0 Å². The van der Waals surface area contributed by atoms with Crippen molar-refractivity contribution in [2.24, 2.45) is 0 Å². The number of carbonyl (C=O) groups is 1. The molecule has 2 aromatic heterocycles. The summed E-state index contributed by atoms with van der Waals surface area (Å²) in [6.45, 7) is 7.00. The molecule has 2 heterocycles. The van der Waals surface area contributed by atoms with Crippen LogP contribution in [0.5, 0.6) is 0 Å². The van der Waals surface area contributed by atoms with Gasteiger partial charge in [-0.3, -0.25) is 4.79 Å². The molecule has 0 aliphatic carbocycles. The molecule has 0 aliphatic heterocycles. The molecule has 0 radical (unpaired) electrons. The highest BCUT2D eigenvalue weighted by molar-refractivity contribution is 7.99. The number of anilines is 1. The lowest BCUT2D eigenvalue weighted by atomic mass is 9.86. The largest absolute Gasteiger partial charge is 0.325 e. The molecule has 3 rings (SSSR count). The lowest BCUT2D eigenvalue weighted by molar-refractivity contribution is -0.113. The van der Waals surface area contributed by atoms with Crippen molar-refractivity contribution >= 4 is 34.7 Å². The van der Waals surface area contributed by atoms with Gasteiger partial charge in [-0.1, -0.05) is 56.8 Å². The van der Waals surface area contributed by atoms with Crippen LogP contribution in [0.1, 0.15) is 31.2 Å². The highest BCUT2D eigenvalue weighted by Crippen LogP contribution is 2.29. The fraction of sp³-hybridized carbons (Fsp3) is 0.333. The topological polar surface area (TPSA) is 72.7 Å². The first-order valence-electron chi connectivity index (χ1n) is 8.24. The highest BCUT2D eigenvalue weighted by Gasteiger charge is 2.19. The minimum atomic E-state index is -0.0719. The summed E-state index contributed by atoms with van der Waals surface area (Å²) in [6.07, 6.45) is 0. The summed E-state index contributed by atoms with van der Waals surface area (Å²) < 4.78 is 1.72. The molecular formula is C18H21N5OS2. The van der Waals surface area contributed by atoms with Crippen LogP contribution in [0.15, 0.2) is 46.9 Å². The quantitative estimate of drug-likeness (QED) is 0.651. The summed E-state index contributed by atoms with van der Waals surface area (Å²) in [4.78, 5) is 13.6. The fourth-order valence-electron chi connectivity index (χ4n) is 2.51.